The molecule has 1 fully saturated rings. The zero-order valence-corrected chi connectivity index (χ0v) is 14.2. The Morgan fingerprint density at radius 1 is 1.33 bits per heavy atom. The summed E-state index contributed by atoms with van der Waals surface area (Å²) in [5.41, 5.74) is 6.62. The maximum atomic E-state index is 12.6. The summed E-state index contributed by atoms with van der Waals surface area (Å²) in [4.78, 5) is 13.9. The van der Waals surface area contributed by atoms with Crippen LogP contribution in [-0.2, 0) is 6.42 Å². The average molecular weight is 325 g/mol. The fraction of sp³-hybridized carbons (Fsp3) is 0.625. The van der Waals surface area contributed by atoms with E-state index in [0.29, 0.717) is 4.99 Å². The maximum Gasteiger partial charge on any atom is 0.262 e. The van der Waals surface area contributed by atoms with Crippen LogP contribution in [0.25, 0.3) is 0 Å². The number of hydrogen-bond donors (Lipinski definition) is 2. The molecule has 2 rings (SSSR count). The van der Waals surface area contributed by atoms with Gasteiger partial charge in [0, 0.05) is 0 Å². The normalized spacial score (nSPS) is 18.5. The van der Waals surface area contributed by atoms with Crippen LogP contribution in [0, 0.1) is 0 Å². The van der Waals surface area contributed by atoms with E-state index < -0.39 is 5.54 Å². The van der Waals surface area contributed by atoms with Crippen molar-refractivity contribution < 1.29 is 4.79 Å². The molecule has 116 valence electrons. The fourth-order valence-electron chi connectivity index (χ4n) is 3.03. The Hall–Kier alpha value is -0.940. The molecular weight excluding hydrogens is 300 g/mol. The number of nitrogens with one attached hydrogen (secondary N) is 1. The van der Waals surface area contributed by atoms with Crippen LogP contribution in [-0.4, -0.2) is 16.4 Å². The van der Waals surface area contributed by atoms with Crippen LogP contribution in [0.4, 0.5) is 0 Å². The van der Waals surface area contributed by atoms with Crippen molar-refractivity contribution in [2.24, 2.45) is 5.73 Å². The van der Waals surface area contributed by atoms with Gasteiger partial charge in [-0.2, -0.15) is 0 Å². The molecule has 3 N–H and O–H groups in total. The minimum atomic E-state index is -0.498. The second kappa shape index (κ2) is 7.36. The summed E-state index contributed by atoms with van der Waals surface area (Å²) in [6, 6.07) is 2.02. The molecule has 1 saturated carbocycles. The molecule has 0 spiro atoms. The van der Waals surface area contributed by atoms with Crippen molar-refractivity contribution in [1.82, 2.24) is 5.32 Å². The lowest BCUT2D eigenvalue weighted by molar-refractivity contribution is 0.0916. The fourth-order valence-corrected chi connectivity index (χ4v) is 4.17. The van der Waals surface area contributed by atoms with Crippen molar-refractivity contribution in [2.75, 3.05) is 0 Å². The number of thiophene rings is 1. The van der Waals surface area contributed by atoms with Crippen molar-refractivity contribution in [1.29, 1.82) is 0 Å². The molecule has 1 aliphatic rings. The molecule has 1 aliphatic carbocycles. The van der Waals surface area contributed by atoms with Crippen molar-refractivity contribution in [2.45, 2.75) is 63.8 Å². The molecule has 21 heavy (non-hydrogen) atoms. The second-order valence-corrected chi connectivity index (χ2v) is 7.15. The predicted molar refractivity (Wildman–Crippen MR) is 93.0 cm³/mol. The largest absolute Gasteiger partial charge is 0.391 e. The number of rotatable bonds is 4. The Kier molecular flexibility index (Phi) is 5.76. The summed E-state index contributed by atoms with van der Waals surface area (Å²) in [7, 11) is 0. The SMILES string of the molecule is CCc1ccsc1C(=O)NC1(C(N)=S)CCCCCCC1. The van der Waals surface area contributed by atoms with Gasteiger partial charge < -0.3 is 11.1 Å². The summed E-state index contributed by atoms with van der Waals surface area (Å²) < 4.78 is 0. The van der Waals surface area contributed by atoms with Crippen LogP contribution in [0.2, 0.25) is 0 Å². The summed E-state index contributed by atoms with van der Waals surface area (Å²) in [5.74, 6) is -0.0183. The highest BCUT2D eigenvalue weighted by atomic mass is 32.1. The van der Waals surface area contributed by atoms with Crippen LogP contribution in [0.3, 0.4) is 0 Å². The van der Waals surface area contributed by atoms with E-state index in [-0.39, 0.29) is 5.91 Å². The van der Waals surface area contributed by atoms with E-state index in [1.807, 2.05) is 11.4 Å². The topological polar surface area (TPSA) is 55.1 Å². The van der Waals surface area contributed by atoms with Gasteiger partial charge in [-0.15, -0.1) is 11.3 Å². The monoisotopic (exact) mass is 324 g/mol. The highest BCUT2D eigenvalue weighted by Gasteiger charge is 2.35. The minimum absolute atomic E-state index is 0.0183. The molecule has 1 heterocycles. The first-order valence-electron chi connectivity index (χ1n) is 7.78. The average Bonchev–Trinajstić information content (AvgIpc) is 2.90. The van der Waals surface area contributed by atoms with Gasteiger partial charge in [-0.1, -0.05) is 51.2 Å². The van der Waals surface area contributed by atoms with Crippen LogP contribution in [0.5, 0.6) is 0 Å². The molecule has 1 aromatic heterocycles. The van der Waals surface area contributed by atoms with E-state index in [1.165, 1.54) is 30.6 Å². The summed E-state index contributed by atoms with van der Waals surface area (Å²) in [6.45, 7) is 2.07. The molecule has 0 saturated heterocycles. The lowest BCUT2D eigenvalue weighted by Gasteiger charge is -2.35. The zero-order chi connectivity index (χ0) is 15.3. The minimum Gasteiger partial charge on any atom is -0.391 e. The van der Waals surface area contributed by atoms with Crippen LogP contribution < -0.4 is 11.1 Å². The quantitative estimate of drug-likeness (QED) is 0.828. The van der Waals surface area contributed by atoms with Crippen LogP contribution >= 0.6 is 23.6 Å². The summed E-state index contributed by atoms with van der Waals surface area (Å²) in [5, 5.41) is 5.15. The van der Waals surface area contributed by atoms with Crippen molar-refractivity contribution >= 4 is 34.5 Å². The van der Waals surface area contributed by atoms with Crippen LogP contribution in [0.15, 0.2) is 11.4 Å². The Morgan fingerprint density at radius 3 is 2.52 bits per heavy atom. The summed E-state index contributed by atoms with van der Waals surface area (Å²) in [6.07, 6.45) is 8.39. The highest BCUT2D eigenvalue weighted by Crippen LogP contribution is 2.28. The number of thiocarbonyl (C=S) groups is 1. The smallest absolute Gasteiger partial charge is 0.262 e. The van der Waals surface area contributed by atoms with Gasteiger partial charge in [-0.25, -0.2) is 0 Å². The van der Waals surface area contributed by atoms with E-state index in [1.54, 1.807) is 0 Å². The molecule has 0 unspecified atom stereocenters. The first kappa shape index (κ1) is 16.4. The molecule has 1 amide bonds. The van der Waals surface area contributed by atoms with Gasteiger partial charge in [-0.05, 0) is 36.3 Å². The van der Waals surface area contributed by atoms with E-state index in [9.17, 15) is 4.79 Å². The third-order valence-corrected chi connectivity index (χ3v) is 5.71. The number of aryl methyl sites for hydroxylation is 1. The van der Waals surface area contributed by atoms with E-state index >= 15 is 0 Å². The molecule has 0 aliphatic heterocycles. The molecule has 5 heteroatoms. The van der Waals surface area contributed by atoms with Gasteiger partial charge in [0.25, 0.3) is 5.91 Å². The molecule has 0 radical (unpaired) electrons. The Bertz CT molecular complexity index is 502. The summed E-state index contributed by atoms with van der Waals surface area (Å²) >= 11 is 6.80. The number of hydrogen-bond acceptors (Lipinski definition) is 3. The first-order chi connectivity index (χ1) is 10.1. The number of amides is 1. The van der Waals surface area contributed by atoms with Crippen molar-refractivity contribution in [3.8, 4) is 0 Å². The molecular formula is C16H24N2OS2. The van der Waals surface area contributed by atoms with Crippen molar-refractivity contribution in [3.05, 3.63) is 21.9 Å². The predicted octanol–water partition coefficient (Wildman–Crippen LogP) is 3.81. The lowest BCUT2D eigenvalue weighted by Crippen LogP contribution is -2.57. The maximum absolute atomic E-state index is 12.6. The first-order valence-corrected chi connectivity index (χ1v) is 9.06. The number of carbonyl (C=O) groups is 1. The molecule has 1 aromatic rings. The molecule has 3 nitrogen and oxygen atoms in total. The van der Waals surface area contributed by atoms with Gasteiger partial charge in [0.1, 0.15) is 0 Å². The third kappa shape index (κ3) is 3.83. The van der Waals surface area contributed by atoms with Gasteiger partial charge >= 0.3 is 0 Å². The van der Waals surface area contributed by atoms with Gasteiger partial charge in [0.15, 0.2) is 0 Å². The third-order valence-electron chi connectivity index (χ3n) is 4.37. The van der Waals surface area contributed by atoms with E-state index in [4.69, 9.17) is 18.0 Å². The molecule has 0 aromatic carbocycles. The van der Waals surface area contributed by atoms with Crippen LogP contribution in [0.1, 0.15) is 67.1 Å². The number of carbonyl (C=O) groups excluding carboxylic acids is 1. The van der Waals surface area contributed by atoms with Crippen molar-refractivity contribution in [3.63, 3.8) is 0 Å². The van der Waals surface area contributed by atoms with E-state index in [0.717, 1.165) is 42.5 Å². The standard InChI is InChI=1S/C16H24N2OS2/c1-2-12-8-11-21-13(12)14(19)18-16(15(17)20)9-6-4-3-5-7-10-16/h8,11H,2-7,9-10H2,1H3,(H2,17,20)(H,18,19). The van der Waals surface area contributed by atoms with Gasteiger partial charge in [0.05, 0.1) is 15.4 Å². The highest BCUT2D eigenvalue weighted by molar-refractivity contribution is 7.80. The lowest BCUT2D eigenvalue weighted by atomic mass is 9.83. The van der Waals surface area contributed by atoms with Gasteiger partial charge in [0.2, 0.25) is 0 Å². The van der Waals surface area contributed by atoms with E-state index in [2.05, 4.69) is 12.2 Å². The Morgan fingerprint density at radius 2 is 1.95 bits per heavy atom. The Labute approximate surface area is 136 Å². The molecule has 0 bridgehead atoms. The molecule has 0 atom stereocenters. The van der Waals surface area contributed by atoms with Gasteiger partial charge in [-0.3, -0.25) is 4.79 Å². The number of nitrogens with two attached hydrogens (primary N) is 1. The Balaban J connectivity index is 2.18. The zero-order valence-electron chi connectivity index (χ0n) is 12.6. The second-order valence-electron chi connectivity index (χ2n) is 5.80.